The number of aliphatic hydroxyl groups is 1. The molecular formula is C37H68O4Si. The number of benzene rings is 1. The number of unbranched alkanes of at least 4 members (excludes halogenated alkanes) is 14. The Kier molecular flexibility index (Phi) is 20.7. The largest absolute Gasteiger partial charge is 0.461 e. The van der Waals surface area contributed by atoms with Gasteiger partial charge in [-0.3, -0.25) is 4.79 Å². The smallest absolute Gasteiger partial charge is 0.311 e. The van der Waals surface area contributed by atoms with Crippen LogP contribution < -0.4 is 0 Å². The van der Waals surface area contributed by atoms with Crippen molar-refractivity contribution in [2.24, 2.45) is 5.92 Å². The molecule has 0 aliphatic rings. The minimum Gasteiger partial charge on any atom is -0.461 e. The molecule has 0 amide bonds. The second-order valence-electron chi connectivity index (χ2n) is 14.2. The van der Waals surface area contributed by atoms with E-state index in [1.807, 2.05) is 37.3 Å². The Morgan fingerprint density at radius 2 is 1.26 bits per heavy atom. The van der Waals surface area contributed by atoms with E-state index in [1.54, 1.807) is 0 Å². The lowest BCUT2D eigenvalue weighted by molar-refractivity contribution is -0.154. The summed E-state index contributed by atoms with van der Waals surface area (Å²) in [6, 6.07) is 9.82. The summed E-state index contributed by atoms with van der Waals surface area (Å²) < 4.78 is 12.6. The van der Waals surface area contributed by atoms with E-state index < -0.39 is 14.4 Å². The van der Waals surface area contributed by atoms with Crippen molar-refractivity contribution in [3.05, 3.63) is 35.9 Å². The third-order valence-corrected chi connectivity index (χ3v) is 13.8. The summed E-state index contributed by atoms with van der Waals surface area (Å²) in [7, 11) is -2.14. The molecule has 3 atom stereocenters. The average Bonchev–Trinajstić information content (AvgIpc) is 2.94. The highest BCUT2D eigenvalue weighted by atomic mass is 28.4. The molecule has 0 radical (unpaired) electrons. The summed E-state index contributed by atoms with van der Waals surface area (Å²) in [4.78, 5) is 13.2. The van der Waals surface area contributed by atoms with Crippen LogP contribution in [0.4, 0.5) is 0 Å². The number of hydrogen-bond donors (Lipinski definition) is 1. The highest BCUT2D eigenvalue weighted by molar-refractivity contribution is 6.74. The van der Waals surface area contributed by atoms with Gasteiger partial charge in [-0.15, -0.1) is 0 Å². The molecule has 0 aliphatic carbocycles. The van der Waals surface area contributed by atoms with Gasteiger partial charge in [0.2, 0.25) is 0 Å². The number of carbonyl (C=O) groups is 1. The number of rotatable bonds is 25. The van der Waals surface area contributed by atoms with E-state index in [9.17, 15) is 9.90 Å². The van der Waals surface area contributed by atoms with Crippen molar-refractivity contribution < 1.29 is 19.1 Å². The van der Waals surface area contributed by atoms with Crippen LogP contribution in [0.3, 0.4) is 0 Å². The van der Waals surface area contributed by atoms with Crippen LogP contribution in [0, 0.1) is 5.92 Å². The average molecular weight is 605 g/mol. The van der Waals surface area contributed by atoms with Crippen molar-refractivity contribution >= 4 is 14.3 Å². The predicted octanol–water partition coefficient (Wildman–Crippen LogP) is 11.2. The minimum absolute atomic E-state index is 0.0245. The Labute approximate surface area is 261 Å². The van der Waals surface area contributed by atoms with Crippen molar-refractivity contribution in [1.82, 2.24) is 0 Å². The maximum atomic E-state index is 13.2. The zero-order valence-electron chi connectivity index (χ0n) is 28.7. The van der Waals surface area contributed by atoms with Crippen molar-refractivity contribution in [3.63, 3.8) is 0 Å². The third kappa shape index (κ3) is 17.2. The normalized spacial score (nSPS) is 14.5. The van der Waals surface area contributed by atoms with Crippen LogP contribution in [-0.2, 0) is 20.6 Å². The molecule has 0 saturated heterocycles. The van der Waals surface area contributed by atoms with E-state index in [0.717, 1.165) is 18.4 Å². The fourth-order valence-corrected chi connectivity index (χ4v) is 6.78. The van der Waals surface area contributed by atoms with Crippen LogP contribution in [-0.4, -0.2) is 31.6 Å². The molecule has 1 rings (SSSR count). The molecule has 0 bridgehead atoms. The van der Waals surface area contributed by atoms with Crippen LogP contribution in [0.15, 0.2) is 30.3 Å². The van der Waals surface area contributed by atoms with E-state index in [1.165, 1.54) is 89.9 Å². The van der Waals surface area contributed by atoms with Gasteiger partial charge in [0, 0.05) is 0 Å². The van der Waals surface area contributed by atoms with Gasteiger partial charge in [-0.05, 0) is 43.0 Å². The lowest BCUT2D eigenvalue weighted by Crippen LogP contribution is -2.48. The number of esters is 1. The molecule has 0 aromatic heterocycles. The molecule has 1 N–H and O–H groups in total. The summed E-state index contributed by atoms with van der Waals surface area (Å²) >= 11 is 0. The molecule has 4 nitrogen and oxygen atoms in total. The molecule has 244 valence electrons. The first-order chi connectivity index (χ1) is 20.0. The molecule has 0 aliphatic heterocycles. The van der Waals surface area contributed by atoms with Crippen molar-refractivity contribution in [1.29, 1.82) is 0 Å². The van der Waals surface area contributed by atoms with Gasteiger partial charge in [-0.1, -0.05) is 161 Å². The number of ether oxygens (including phenoxy) is 1. The van der Waals surface area contributed by atoms with E-state index in [0.29, 0.717) is 12.8 Å². The molecule has 1 aromatic carbocycles. The first-order valence-corrected chi connectivity index (χ1v) is 20.5. The molecule has 0 fully saturated rings. The van der Waals surface area contributed by atoms with Crippen molar-refractivity contribution in [2.45, 2.75) is 187 Å². The van der Waals surface area contributed by atoms with Gasteiger partial charge in [0.15, 0.2) is 8.32 Å². The summed E-state index contributed by atoms with van der Waals surface area (Å²) in [5.41, 5.74) is 0.982. The number of aliphatic hydroxyl groups excluding tert-OH is 1. The standard InChI is InChI=1S/C37H68O4Si/c1-8-10-11-12-13-14-15-16-17-18-19-20-21-22-26-29-33(38)30-35(41-42(6,7)37(3,4)5)34(9-2)36(39)40-31-32-27-24-23-25-28-32/h23-25,27-28,33-35,38H,8-22,26,29-31H2,1-7H3/t33-,34+,35+/m1/s1. The van der Waals surface area contributed by atoms with Gasteiger partial charge >= 0.3 is 5.97 Å². The van der Waals surface area contributed by atoms with Crippen molar-refractivity contribution in [2.75, 3.05) is 0 Å². The Morgan fingerprint density at radius 3 is 1.71 bits per heavy atom. The lowest BCUT2D eigenvalue weighted by Gasteiger charge is -2.41. The Hall–Kier alpha value is -1.17. The Balaban J connectivity index is 2.42. The van der Waals surface area contributed by atoms with Crippen LogP contribution in [0.1, 0.15) is 156 Å². The second kappa shape index (κ2) is 22.4. The zero-order chi connectivity index (χ0) is 31.3. The second-order valence-corrected chi connectivity index (χ2v) is 18.9. The fraction of sp³-hybridized carbons (Fsp3) is 0.811. The van der Waals surface area contributed by atoms with Gasteiger partial charge in [-0.25, -0.2) is 0 Å². The topological polar surface area (TPSA) is 55.8 Å². The zero-order valence-corrected chi connectivity index (χ0v) is 29.7. The monoisotopic (exact) mass is 604 g/mol. The first kappa shape index (κ1) is 38.9. The van der Waals surface area contributed by atoms with Crippen LogP contribution in [0.25, 0.3) is 0 Å². The molecule has 42 heavy (non-hydrogen) atoms. The van der Waals surface area contributed by atoms with Crippen molar-refractivity contribution in [3.8, 4) is 0 Å². The third-order valence-electron chi connectivity index (χ3n) is 9.31. The van der Waals surface area contributed by atoms with Gasteiger partial charge in [0.25, 0.3) is 0 Å². The van der Waals surface area contributed by atoms with Gasteiger partial charge in [0.1, 0.15) is 6.61 Å². The van der Waals surface area contributed by atoms with Crippen LogP contribution in [0.5, 0.6) is 0 Å². The molecule has 0 spiro atoms. The van der Waals surface area contributed by atoms with Gasteiger partial charge < -0.3 is 14.3 Å². The molecule has 0 saturated carbocycles. The van der Waals surface area contributed by atoms with E-state index in [4.69, 9.17) is 9.16 Å². The van der Waals surface area contributed by atoms with E-state index in [2.05, 4.69) is 40.8 Å². The summed E-state index contributed by atoms with van der Waals surface area (Å²) in [5.74, 6) is -0.595. The molecule has 1 aromatic rings. The fourth-order valence-electron chi connectivity index (χ4n) is 5.40. The number of hydrogen-bond acceptors (Lipinski definition) is 4. The van der Waals surface area contributed by atoms with Crippen LogP contribution >= 0.6 is 0 Å². The quantitative estimate of drug-likeness (QED) is 0.0685. The minimum atomic E-state index is -2.14. The van der Waals surface area contributed by atoms with Gasteiger partial charge in [-0.2, -0.15) is 0 Å². The molecule has 0 heterocycles. The van der Waals surface area contributed by atoms with E-state index >= 15 is 0 Å². The summed E-state index contributed by atoms with van der Waals surface area (Å²) in [5, 5.41) is 11.1. The first-order valence-electron chi connectivity index (χ1n) is 17.6. The Morgan fingerprint density at radius 1 is 0.786 bits per heavy atom. The maximum absolute atomic E-state index is 13.2. The van der Waals surface area contributed by atoms with E-state index in [-0.39, 0.29) is 29.6 Å². The maximum Gasteiger partial charge on any atom is 0.311 e. The summed E-state index contributed by atoms with van der Waals surface area (Å²) in [6.45, 7) is 15.7. The highest BCUT2D eigenvalue weighted by Crippen LogP contribution is 2.39. The molecule has 5 heteroatoms. The summed E-state index contributed by atoms with van der Waals surface area (Å²) in [6.07, 6.45) is 21.2. The Bertz CT molecular complexity index is 789. The number of carbonyl (C=O) groups excluding carboxylic acids is 1. The molecular weight excluding hydrogens is 536 g/mol. The lowest BCUT2D eigenvalue weighted by atomic mass is 9.93. The van der Waals surface area contributed by atoms with Crippen LogP contribution in [0.2, 0.25) is 18.1 Å². The predicted molar refractivity (Wildman–Crippen MR) is 182 cm³/mol. The SMILES string of the molecule is CCCCCCCCCCCCCCCCC[C@@H](O)C[C@H](O[Si](C)(C)C(C)(C)C)[C@H](CC)C(=O)OCc1ccccc1. The molecule has 0 unspecified atom stereocenters. The van der Waals surface area contributed by atoms with Gasteiger partial charge in [0.05, 0.1) is 18.1 Å². The highest BCUT2D eigenvalue weighted by Gasteiger charge is 2.42.